The Kier molecular flexibility index (Phi) is 2.98. The Morgan fingerprint density at radius 3 is 2.17 bits per heavy atom. The number of hydrogen-bond donors (Lipinski definition) is 0. The molecule has 0 aliphatic carbocycles. The Labute approximate surface area is 100 Å². The minimum absolute atomic E-state index is 0.123. The molecule has 0 aliphatic rings. The molecule has 0 bridgehead atoms. The van der Waals surface area contributed by atoms with Crippen molar-refractivity contribution in [2.75, 3.05) is 14.2 Å². The maximum atomic E-state index is 12.8. The summed E-state index contributed by atoms with van der Waals surface area (Å²) in [6, 6.07) is 2.60. The van der Waals surface area contributed by atoms with Crippen molar-refractivity contribution in [1.82, 2.24) is 9.97 Å². The monoisotopic (exact) mass is 258 g/mol. The summed E-state index contributed by atoms with van der Waals surface area (Å²) in [5.74, 6) is 0.516. The molecule has 0 amide bonds. The summed E-state index contributed by atoms with van der Waals surface area (Å²) in [6.45, 7) is 0. The van der Waals surface area contributed by atoms with Gasteiger partial charge in [0, 0.05) is 11.5 Å². The standard InChI is InChI=1S/C11H9F3N2O2/c1-17-8-3-6-7(4-9(8)18-2)15-5-16-10(6)11(12,13)14/h3-5H,1-2H3. The molecule has 1 heterocycles. The van der Waals surface area contributed by atoms with Crippen molar-refractivity contribution >= 4 is 10.9 Å². The fraction of sp³-hybridized carbons (Fsp3) is 0.273. The van der Waals surface area contributed by atoms with Gasteiger partial charge in [0.2, 0.25) is 0 Å². The Morgan fingerprint density at radius 2 is 1.61 bits per heavy atom. The second-order valence-electron chi connectivity index (χ2n) is 3.44. The van der Waals surface area contributed by atoms with Crippen LogP contribution in [0.1, 0.15) is 5.69 Å². The van der Waals surface area contributed by atoms with E-state index in [0.29, 0.717) is 5.75 Å². The molecule has 0 aliphatic heterocycles. The Hall–Kier alpha value is -2.05. The zero-order valence-electron chi connectivity index (χ0n) is 9.58. The summed E-state index contributed by atoms with van der Waals surface area (Å²) in [5, 5.41) is -0.123. The highest BCUT2D eigenvalue weighted by Crippen LogP contribution is 2.37. The van der Waals surface area contributed by atoms with Crippen LogP contribution in [0.3, 0.4) is 0 Å². The first-order valence-electron chi connectivity index (χ1n) is 4.91. The van der Waals surface area contributed by atoms with E-state index >= 15 is 0 Å². The van der Waals surface area contributed by atoms with Crippen molar-refractivity contribution in [2.24, 2.45) is 0 Å². The van der Waals surface area contributed by atoms with Crippen LogP contribution in [-0.4, -0.2) is 24.2 Å². The summed E-state index contributed by atoms with van der Waals surface area (Å²) in [4.78, 5) is 7.07. The first-order valence-corrected chi connectivity index (χ1v) is 4.91. The van der Waals surface area contributed by atoms with Crippen molar-refractivity contribution in [3.63, 3.8) is 0 Å². The van der Waals surface area contributed by atoms with Crippen molar-refractivity contribution < 1.29 is 22.6 Å². The van der Waals surface area contributed by atoms with E-state index in [0.717, 1.165) is 6.33 Å². The van der Waals surface area contributed by atoms with Crippen molar-refractivity contribution in [2.45, 2.75) is 6.18 Å². The quantitative estimate of drug-likeness (QED) is 0.830. The van der Waals surface area contributed by atoms with Gasteiger partial charge in [-0.3, -0.25) is 0 Å². The average molecular weight is 258 g/mol. The second-order valence-corrected chi connectivity index (χ2v) is 3.44. The van der Waals surface area contributed by atoms with Crippen LogP contribution in [0.5, 0.6) is 11.5 Å². The van der Waals surface area contributed by atoms with Gasteiger partial charge in [-0.25, -0.2) is 9.97 Å². The average Bonchev–Trinajstić information content (AvgIpc) is 2.35. The van der Waals surface area contributed by atoms with E-state index in [-0.39, 0.29) is 16.7 Å². The van der Waals surface area contributed by atoms with Gasteiger partial charge in [-0.05, 0) is 6.07 Å². The van der Waals surface area contributed by atoms with Gasteiger partial charge in [-0.15, -0.1) is 0 Å². The normalized spacial score (nSPS) is 11.6. The predicted molar refractivity (Wildman–Crippen MR) is 57.6 cm³/mol. The molecule has 0 N–H and O–H groups in total. The molecule has 18 heavy (non-hydrogen) atoms. The zero-order chi connectivity index (χ0) is 13.3. The Morgan fingerprint density at radius 1 is 1.00 bits per heavy atom. The number of benzene rings is 1. The molecule has 0 saturated heterocycles. The van der Waals surface area contributed by atoms with Crippen LogP contribution >= 0.6 is 0 Å². The van der Waals surface area contributed by atoms with Gasteiger partial charge in [0.15, 0.2) is 17.2 Å². The van der Waals surface area contributed by atoms with Gasteiger partial charge in [0.1, 0.15) is 6.33 Å². The van der Waals surface area contributed by atoms with Crippen LogP contribution in [0.25, 0.3) is 10.9 Å². The molecule has 0 saturated carbocycles. The second kappa shape index (κ2) is 4.32. The topological polar surface area (TPSA) is 44.2 Å². The molecule has 0 radical (unpaired) electrons. The third-order valence-corrected chi connectivity index (χ3v) is 2.41. The van der Waals surface area contributed by atoms with E-state index in [1.54, 1.807) is 0 Å². The molecule has 0 fully saturated rings. The number of aromatic nitrogens is 2. The molecular formula is C11H9F3N2O2. The molecule has 4 nitrogen and oxygen atoms in total. The Balaban J connectivity index is 2.77. The Bertz CT molecular complexity index is 584. The predicted octanol–water partition coefficient (Wildman–Crippen LogP) is 2.67. The largest absolute Gasteiger partial charge is 0.493 e. The van der Waals surface area contributed by atoms with Crippen LogP contribution in [0, 0.1) is 0 Å². The summed E-state index contributed by atoms with van der Waals surface area (Å²) < 4.78 is 48.3. The first-order chi connectivity index (χ1) is 8.47. The molecule has 7 heteroatoms. The van der Waals surface area contributed by atoms with E-state index in [1.165, 1.54) is 26.4 Å². The molecule has 0 atom stereocenters. The van der Waals surface area contributed by atoms with E-state index in [9.17, 15) is 13.2 Å². The van der Waals surface area contributed by atoms with E-state index < -0.39 is 11.9 Å². The number of alkyl halides is 3. The highest BCUT2D eigenvalue weighted by atomic mass is 19.4. The maximum absolute atomic E-state index is 12.8. The van der Waals surface area contributed by atoms with E-state index in [1.807, 2.05) is 0 Å². The highest BCUT2D eigenvalue weighted by molar-refractivity contribution is 5.84. The van der Waals surface area contributed by atoms with Gasteiger partial charge in [0.25, 0.3) is 0 Å². The van der Waals surface area contributed by atoms with Crippen LogP contribution in [0.4, 0.5) is 13.2 Å². The number of ether oxygens (including phenoxy) is 2. The number of hydrogen-bond acceptors (Lipinski definition) is 4. The van der Waals surface area contributed by atoms with Gasteiger partial charge in [0.05, 0.1) is 19.7 Å². The van der Waals surface area contributed by atoms with Gasteiger partial charge >= 0.3 is 6.18 Å². The number of methoxy groups -OCH3 is 2. The lowest BCUT2D eigenvalue weighted by Crippen LogP contribution is -2.09. The van der Waals surface area contributed by atoms with Gasteiger partial charge in [-0.1, -0.05) is 0 Å². The number of rotatable bonds is 2. The van der Waals surface area contributed by atoms with Crippen molar-refractivity contribution in [3.05, 3.63) is 24.2 Å². The number of fused-ring (bicyclic) bond motifs is 1. The molecule has 2 rings (SSSR count). The zero-order valence-corrected chi connectivity index (χ0v) is 9.58. The lowest BCUT2D eigenvalue weighted by Gasteiger charge is -2.12. The number of halogens is 3. The van der Waals surface area contributed by atoms with Crippen molar-refractivity contribution in [1.29, 1.82) is 0 Å². The van der Waals surface area contributed by atoms with Crippen LogP contribution < -0.4 is 9.47 Å². The number of nitrogens with zero attached hydrogens (tertiary/aromatic N) is 2. The summed E-state index contributed by atoms with van der Waals surface area (Å²) in [6.07, 6.45) is -3.67. The fourth-order valence-electron chi connectivity index (χ4n) is 1.61. The smallest absolute Gasteiger partial charge is 0.434 e. The minimum Gasteiger partial charge on any atom is -0.493 e. The highest BCUT2D eigenvalue weighted by Gasteiger charge is 2.35. The summed E-state index contributed by atoms with van der Waals surface area (Å²) in [7, 11) is 2.75. The molecule has 0 spiro atoms. The van der Waals surface area contributed by atoms with Gasteiger partial charge < -0.3 is 9.47 Å². The van der Waals surface area contributed by atoms with Crippen LogP contribution in [0.15, 0.2) is 18.5 Å². The van der Waals surface area contributed by atoms with Crippen LogP contribution in [-0.2, 0) is 6.18 Å². The van der Waals surface area contributed by atoms with Crippen molar-refractivity contribution in [3.8, 4) is 11.5 Å². The summed E-state index contributed by atoms with van der Waals surface area (Å²) in [5.41, 5.74) is -0.844. The third-order valence-electron chi connectivity index (χ3n) is 2.41. The lowest BCUT2D eigenvalue weighted by atomic mass is 10.1. The SMILES string of the molecule is COc1cc2ncnc(C(F)(F)F)c2cc1OC. The van der Waals surface area contributed by atoms with Crippen LogP contribution in [0.2, 0.25) is 0 Å². The molecular weight excluding hydrogens is 249 g/mol. The van der Waals surface area contributed by atoms with E-state index in [2.05, 4.69) is 9.97 Å². The van der Waals surface area contributed by atoms with E-state index in [4.69, 9.17) is 9.47 Å². The lowest BCUT2D eigenvalue weighted by molar-refractivity contribution is -0.139. The third kappa shape index (κ3) is 2.03. The molecule has 0 unspecified atom stereocenters. The molecule has 96 valence electrons. The molecule has 2 aromatic rings. The maximum Gasteiger partial charge on any atom is 0.434 e. The summed E-state index contributed by atoms with van der Waals surface area (Å²) >= 11 is 0. The first kappa shape index (κ1) is 12.4. The molecule has 1 aromatic carbocycles. The fourth-order valence-corrected chi connectivity index (χ4v) is 1.61. The minimum atomic E-state index is -4.54. The molecule has 1 aromatic heterocycles. The van der Waals surface area contributed by atoms with Gasteiger partial charge in [-0.2, -0.15) is 13.2 Å².